The van der Waals surface area contributed by atoms with Crippen LogP contribution >= 0.6 is 15.9 Å². The molecule has 20 heavy (non-hydrogen) atoms. The third kappa shape index (κ3) is 4.08. The molecule has 1 aromatic rings. The Morgan fingerprint density at radius 1 is 1.25 bits per heavy atom. The smallest absolute Gasteiger partial charge is 0.241 e. The second kappa shape index (κ2) is 7.26. The van der Waals surface area contributed by atoms with Crippen molar-refractivity contribution < 1.29 is 17.9 Å². The molecule has 1 rings (SSSR count). The summed E-state index contributed by atoms with van der Waals surface area (Å²) in [6, 6.07) is 3.02. The van der Waals surface area contributed by atoms with Crippen LogP contribution in [-0.2, 0) is 10.0 Å². The third-order valence-electron chi connectivity index (χ3n) is 2.80. The highest BCUT2D eigenvalue weighted by molar-refractivity contribution is 9.10. The normalized spacial score (nSPS) is 13.1. The molecule has 8 heteroatoms. The van der Waals surface area contributed by atoms with Crippen LogP contribution in [0.1, 0.15) is 6.92 Å². The van der Waals surface area contributed by atoms with E-state index in [0.29, 0.717) is 22.5 Å². The van der Waals surface area contributed by atoms with Crippen molar-refractivity contribution in [2.45, 2.75) is 17.9 Å². The van der Waals surface area contributed by atoms with Gasteiger partial charge in [-0.25, -0.2) is 13.1 Å². The van der Waals surface area contributed by atoms with Crippen molar-refractivity contribution in [3.8, 4) is 11.5 Å². The van der Waals surface area contributed by atoms with Gasteiger partial charge < -0.3 is 14.8 Å². The molecule has 0 bridgehead atoms. The summed E-state index contributed by atoms with van der Waals surface area (Å²) < 4.78 is 37.8. The second-order valence-corrected chi connectivity index (χ2v) is 6.77. The van der Waals surface area contributed by atoms with E-state index in [0.717, 1.165) is 0 Å². The first-order valence-corrected chi connectivity index (χ1v) is 8.21. The Morgan fingerprint density at radius 2 is 1.80 bits per heavy atom. The molecule has 0 saturated carbocycles. The van der Waals surface area contributed by atoms with Crippen LogP contribution in [0.2, 0.25) is 0 Å². The Bertz CT molecular complexity index is 563. The standard InChI is InChI=1S/C12H19BrN2O4S/c1-8(14-2)7-15-20(16,17)12-6-11(19-4)10(18-3)5-9(12)13/h5-6,8,14-15H,7H2,1-4H3. The minimum Gasteiger partial charge on any atom is -0.493 e. The molecule has 1 unspecified atom stereocenters. The Kier molecular flexibility index (Phi) is 6.25. The zero-order chi connectivity index (χ0) is 15.3. The lowest BCUT2D eigenvalue weighted by molar-refractivity contribution is 0.353. The van der Waals surface area contributed by atoms with Crippen molar-refractivity contribution in [3.05, 3.63) is 16.6 Å². The van der Waals surface area contributed by atoms with E-state index in [-0.39, 0.29) is 10.9 Å². The lowest BCUT2D eigenvalue weighted by atomic mass is 10.3. The largest absolute Gasteiger partial charge is 0.493 e. The highest BCUT2D eigenvalue weighted by Gasteiger charge is 2.21. The van der Waals surface area contributed by atoms with Crippen molar-refractivity contribution in [1.82, 2.24) is 10.0 Å². The number of hydrogen-bond acceptors (Lipinski definition) is 5. The SMILES string of the molecule is CNC(C)CNS(=O)(=O)c1cc(OC)c(OC)cc1Br. The maximum atomic E-state index is 12.3. The van der Waals surface area contributed by atoms with E-state index in [1.807, 2.05) is 6.92 Å². The molecule has 6 nitrogen and oxygen atoms in total. The van der Waals surface area contributed by atoms with Crippen LogP contribution < -0.4 is 19.5 Å². The molecular formula is C12H19BrN2O4S. The molecule has 2 N–H and O–H groups in total. The molecule has 0 amide bonds. The molecule has 0 heterocycles. The number of benzene rings is 1. The first-order valence-electron chi connectivity index (χ1n) is 5.94. The van der Waals surface area contributed by atoms with Gasteiger partial charge >= 0.3 is 0 Å². The second-order valence-electron chi connectivity index (χ2n) is 4.18. The fourth-order valence-electron chi connectivity index (χ4n) is 1.46. The minimum absolute atomic E-state index is 0.0312. The van der Waals surface area contributed by atoms with E-state index in [1.54, 1.807) is 13.1 Å². The number of hydrogen-bond donors (Lipinski definition) is 2. The van der Waals surface area contributed by atoms with Crippen LogP contribution in [0, 0.1) is 0 Å². The minimum atomic E-state index is -3.63. The van der Waals surface area contributed by atoms with Crippen LogP contribution in [0.5, 0.6) is 11.5 Å². The summed E-state index contributed by atoms with van der Waals surface area (Å²) >= 11 is 3.24. The Balaban J connectivity index is 3.12. The topological polar surface area (TPSA) is 76.7 Å². The summed E-state index contributed by atoms with van der Waals surface area (Å²) in [5, 5.41) is 2.96. The van der Waals surface area contributed by atoms with Crippen molar-refractivity contribution in [3.63, 3.8) is 0 Å². The van der Waals surface area contributed by atoms with Crippen molar-refractivity contribution in [1.29, 1.82) is 0 Å². The molecule has 0 radical (unpaired) electrons. The van der Waals surface area contributed by atoms with Gasteiger partial charge in [0, 0.05) is 23.1 Å². The Labute approximate surface area is 128 Å². The summed E-state index contributed by atoms with van der Waals surface area (Å²) in [4.78, 5) is 0.110. The maximum absolute atomic E-state index is 12.3. The Morgan fingerprint density at radius 3 is 2.30 bits per heavy atom. The molecule has 0 aliphatic rings. The van der Waals surface area contributed by atoms with Gasteiger partial charge in [0.05, 0.1) is 14.2 Å². The molecule has 0 saturated heterocycles. The van der Waals surface area contributed by atoms with E-state index in [2.05, 4.69) is 26.0 Å². The lowest BCUT2D eigenvalue weighted by Crippen LogP contribution is -2.37. The van der Waals surface area contributed by atoms with E-state index < -0.39 is 10.0 Å². The van der Waals surface area contributed by atoms with E-state index in [9.17, 15) is 8.42 Å². The molecular weight excluding hydrogens is 348 g/mol. The first-order chi connectivity index (χ1) is 9.35. The fraction of sp³-hybridized carbons (Fsp3) is 0.500. The molecule has 1 aromatic carbocycles. The lowest BCUT2D eigenvalue weighted by Gasteiger charge is -2.15. The molecule has 0 aliphatic heterocycles. The summed E-state index contributed by atoms with van der Waals surface area (Å²) in [5.74, 6) is 0.819. The average molecular weight is 367 g/mol. The molecule has 0 spiro atoms. The zero-order valence-corrected chi connectivity index (χ0v) is 14.3. The maximum Gasteiger partial charge on any atom is 0.241 e. The van der Waals surface area contributed by atoms with Gasteiger partial charge in [-0.3, -0.25) is 0 Å². The first kappa shape index (κ1) is 17.2. The number of methoxy groups -OCH3 is 2. The number of likely N-dealkylation sites (N-methyl/N-ethyl adjacent to an activating group) is 1. The van der Waals surface area contributed by atoms with Crippen molar-refractivity contribution in [2.24, 2.45) is 0 Å². The number of sulfonamides is 1. The summed E-state index contributed by atoms with van der Waals surface area (Å²) in [6.45, 7) is 2.17. The van der Waals surface area contributed by atoms with Gasteiger partial charge in [-0.05, 0) is 36.0 Å². The van der Waals surface area contributed by atoms with Crippen LogP contribution in [0.3, 0.4) is 0 Å². The van der Waals surface area contributed by atoms with Gasteiger partial charge in [-0.2, -0.15) is 0 Å². The zero-order valence-electron chi connectivity index (χ0n) is 11.9. The van der Waals surface area contributed by atoms with Gasteiger partial charge in [-0.1, -0.05) is 0 Å². The van der Waals surface area contributed by atoms with Crippen LogP contribution in [0.25, 0.3) is 0 Å². The van der Waals surface area contributed by atoms with Gasteiger partial charge in [-0.15, -0.1) is 0 Å². The van der Waals surface area contributed by atoms with E-state index in [1.165, 1.54) is 20.3 Å². The van der Waals surface area contributed by atoms with Crippen molar-refractivity contribution >= 4 is 26.0 Å². The van der Waals surface area contributed by atoms with E-state index >= 15 is 0 Å². The van der Waals surface area contributed by atoms with Gasteiger partial charge in [0.25, 0.3) is 0 Å². The highest BCUT2D eigenvalue weighted by atomic mass is 79.9. The third-order valence-corrected chi connectivity index (χ3v) is 5.18. The van der Waals surface area contributed by atoms with Crippen LogP contribution in [0.4, 0.5) is 0 Å². The Hall–Kier alpha value is -0.830. The van der Waals surface area contributed by atoms with Gasteiger partial charge in [0.2, 0.25) is 10.0 Å². The highest BCUT2D eigenvalue weighted by Crippen LogP contribution is 2.35. The summed E-state index contributed by atoms with van der Waals surface area (Å²) in [5.41, 5.74) is 0. The average Bonchev–Trinajstić information content (AvgIpc) is 2.44. The van der Waals surface area contributed by atoms with Gasteiger partial charge in [0.15, 0.2) is 11.5 Å². The summed E-state index contributed by atoms with van der Waals surface area (Å²) in [7, 11) is 1.09. The number of halogens is 1. The molecule has 114 valence electrons. The van der Waals surface area contributed by atoms with Crippen molar-refractivity contribution in [2.75, 3.05) is 27.8 Å². The quantitative estimate of drug-likeness (QED) is 0.761. The monoisotopic (exact) mass is 366 g/mol. The van der Waals surface area contributed by atoms with Gasteiger partial charge in [0.1, 0.15) is 4.90 Å². The number of ether oxygens (including phenoxy) is 2. The predicted molar refractivity (Wildman–Crippen MR) is 81.0 cm³/mol. The fourth-order valence-corrected chi connectivity index (χ4v) is 3.62. The predicted octanol–water partition coefficient (Wildman–Crippen LogP) is 1.35. The van der Waals surface area contributed by atoms with Crippen LogP contribution in [0.15, 0.2) is 21.5 Å². The summed E-state index contributed by atoms with van der Waals surface area (Å²) in [6.07, 6.45) is 0. The van der Waals surface area contributed by atoms with E-state index in [4.69, 9.17) is 9.47 Å². The number of nitrogens with one attached hydrogen (secondary N) is 2. The molecule has 0 aliphatic carbocycles. The molecule has 0 aromatic heterocycles. The number of rotatable bonds is 7. The molecule has 1 atom stereocenters. The van der Waals surface area contributed by atoms with Crippen LogP contribution in [-0.4, -0.2) is 42.3 Å². The molecule has 0 fully saturated rings.